The van der Waals surface area contributed by atoms with Crippen LogP contribution in [0.1, 0.15) is 22.8 Å². The Kier molecular flexibility index (Phi) is 3.27. The zero-order valence-electron chi connectivity index (χ0n) is 7.65. The van der Waals surface area contributed by atoms with Gasteiger partial charge in [-0.25, -0.2) is 0 Å². The van der Waals surface area contributed by atoms with Crippen LogP contribution in [0.25, 0.3) is 0 Å². The number of carbonyl (C=O) groups excluding carboxylic acids is 1. The molecule has 82 valence electrons. The van der Waals surface area contributed by atoms with Gasteiger partial charge in [-0.05, 0) is 41.6 Å². The lowest BCUT2D eigenvalue weighted by atomic mass is 10.0. The van der Waals surface area contributed by atoms with Crippen molar-refractivity contribution in [1.29, 1.82) is 0 Å². The van der Waals surface area contributed by atoms with Crippen LogP contribution in [0.15, 0.2) is 12.1 Å². The van der Waals surface area contributed by atoms with E-state index in [0.29, 0.717) is 0 Å². The molecule has 6 heteroatoms. The predicted molar refractivity (Wildman–Crippen MR) is 58.6 cm³/mol. The fourth-order valence-electron chi connectivity index (χ4n) is 1.24. The van der Waals surface area contributed by atoms with Crippen LogP contribution in [0, 0.1) is 3.57 Å². The van der Waals surface area contributed by atoms with Gasteiger partial charge in [-0.15, -0.1) is 0 Å². The lowest BCUT2D eigenvalue weighted by Crippen LogP contribution is -2.16. The second kappa shape index (κ2) is 3.99. The topological polar surface area (TPSA) is 43.1 Å². The first-order valence-electron chi connectivity index (χ1n) is 3.91. The zero-order valence-corrected chi connectivity index (χ0v) is 9.81. The van der Waals surface area contributed by atoms with Crippen LogP contribution >= 0.6 is 22.6 Å². The molecular weight excluding hydrogens is 322 g/mol. The maximum Gasteiger partial charge on any atom is 0.419 e. The molecule has 0 aromatic heterocycles. The van der Waals surface area contributed by atoms with Crippen molar-refractivity contribution >= 4 is 34.1 Å². The minimum atomic E-state index is -4.60. The Morgan fingerprint density at radius 2 is 1.93 bits per heavy atom. The van der Waals surface area contributed by atoms with E-state index in [1.807, 2.05) is 0 Å². The normalized spacial score (nSPS) is 11.5. The van der Waals surface area contributed by atoms with Gasteiger partial charge >= 0.3 is 6.18 Å². The lowest BCUT2D eigenvalue weighted by Gasteiger charge is -2.14. The number of nitrogens with two attached hydrogens (primary N) is 1. The van der Waals surface area contributed by atoms with Gasteiger partial charge in [-0.2, -0.15) is 13.2 Å². The summed E-state index contributed by atoms with van der Waals surface area (Å²) in [5.41, 5.74) is 3.42. The molecule has 0 fully saturated rings. The number of alkyl halides is 3. The highest BCUT2D eigenvalue weighted by atomic mass is 127. The monoisotopic (exact) mass is 329 g/mol. The molecule has 1 rings (SSSR count). The SMILES string of the molecule is CC(=O)c1c(I)ccc(N)c1C(F)(F)F. The van der Waals surface area contributed by atoms with Crippen molar-refractivity contribution < 1.29 is 18.0 Å². The third kappa shape index (κ3) is 2.42. The Bertz CT molecular complexity index is 415. The highest BCUT2D eigenvalue weighted by Crippen LogP contribution is 2.38. The van der Waals surface area contributed by atoms with Crippen LogP contribution in [0.5, 0.6) is 0 Å². The largest absolute Gasteiger partial charge is 0.419 e. The molecule has 0 aliphatic heterocycles. The van der Waals surface area contributed by atoms with E-state index in [9.17, 15) is 18.0 Å². The molecule has 0 spiro atoms. The lowest BCUT2D eigenvalue weighted by molar-refractivity contribution is -0.137. The molecule has 0 aliphatic rings. The summed E-state index contributed by atoms with van der Waals surface area (Å²) in [5.74, 6) is -0.640. The Labute approximate surface area is 97.8 Å². The molecule has 0 heterocycles. The predicted octanol–water partition coefficient (Wildman–Crippen LogP) is 3.09. The number of anilines is 1. The van der Waals surface area contributed by atoms with Gasteiger partial charge in [-0.3, -0.25) is 4.79 Å². The Hall–Kier alpha value is -0.790. The first-order chi connectivity index (χ1) is 6.75. The fourth-order valence-corrected chi connectivity index (χ4v) is 2.07. The molecular formula is C9H7F3INO. The van der Waals surface area contributed by atoms with Gasteiger partial charge in [0.1, 0.15) is 0 Å². The van der Waals surface area contributed by atoms with Crippen molar-refractivity contribution in [2.45, 2.75) is 13.1 Å². The molecule has 1 aromatic carbocycles. The highest BCUT2D eigenvalue weighted by Gasteiger charge is 2.37. The van der Waals surface area contributed by atoms with Crippen LogP contribution in [0.3, 0.4) is 0 Å². The van der Waals surface area contributed by atoms with Crippen LogP contribution < -0.4 is 5.73 Å². The van der Waals surface area contributed by atoms with Gasteiger partial charge in [0, 0.05) is 14.8 Å². The third-order valence-corrected chi connectivity index (χ3v) is 2.72. The molecule has 2 nitrogen and oxygen atoms in total. The molecule has 0 radical (unpaired) electrons. The summed E-state index contributed by atoms with van der Waals surface area (Å²) < 4.78 is 38.1. The fraction of sp³-hybridized carbons (Fsp3) is 0.222. The summed E-state index contributed by atoms with van der Waals surface area (Å²) in [7, 11) is 0. The number of carbonyl (C=O) groups is 1. The molecule has 0 atom stereocenters. The summed E-state index contributed by atoms with van der Waals surface area (Å²) in [4.78, 5) is 11.1. The number of hydrogen-bond acceptors (Lipinski definition) is 2. The molecule has 2 N–H and O–H groups in total. The van der Waals surface area contributed by atoms with Crippen LogP contribution in [-0.4, -0.2) is 5.78 Å². The number of halogens is 4. The first-order valence-corrected chi connectivity index (χ1v) is 4.99. The summed E-state index contributed by atoms with van der Waals surface area (Å²) in [6.07, 6.45) is -4.60. The van der Waals surface area contributed by atoms with Crippen LogP contribution in [0.2, 0.25) is 0 Å². The first kappa shape index (κ1) is 12.3. The van der Waals surface area contributed by atoms with Gasteiger partial charge in [0.2, 0.25) is 0 Å². The van der Waals surface area contributed by atoms with Crippen molar-refractivity contribution in [2.24, 2.45) is 0 Å². The number of hydrogen-bond donors (Lipinski definition) is 1. The molecule has 1 aromatic rings. The highest BCUT2D eigenvalue weighted by molar-refractivity contribution is 14.1. The van der Waals surface area contributed by atoms with E-state index in [-0.39, 0.29) is 9.13 Å². The van der Waals surface area contributed by atoms with Gasteiger partial charge < -0.3 is 5.73 Å². The maximum atomic E-state index is 12.6. The molecule has 15 heavy (non-hydrogen) atoms. The van der Waals surface area contributed by atoms with E-state index < -0.39 is 23.2 Å². The van der Waals surface area contributed by atoms with Gasteiger partial charge in [-0.1, -0.05) is 0 Å². The van der Waals surface area contributed by atoms with E-state index in [4.69, 9.17) is 5.73 Å². The number of nitrogen functional groups attached to an aromatic ring is 1. The number of Topliss-reactive ketones (excluding diaryl/α,β-unsaturated/α-hetero) is 1. The average Bonchev–Trinajstić information content (AvgIpc) is 2.05. The summed E-state index contributed by atoms with van der Waals surface area (Å²) >= 11 is 1.68. The molecule has 0 saturated carbocycles. The maximum absolute atomic E-state index is 12.6. The van der Waals surface area contributed by atoms with Gasteiger partial charge in [0.05, 0.1) is 5.56 Å². The quantitative estimate of drug-likeness (QED) is 0.489. The summed E-state index contributed by atoms with van der Waals surface area (Å²) in [6, 6.07) is 2.54. The molecule has 0 amide bonds. The molecule has 0 bridgehead atoms. The van der Waals surface area contributed by atoms with E-state index in [1.165, 1.54) is 6.07 Å². The molecule has 0 aliphatic carbocycles. The smallest absolute Gasteiger partial charge is 0.398 e. The third-order valence-electron chi connectivity index (χ3n) is 1.82. The van der Waals surface area contributed by atoms with Gasteiger partial charge in [0.25, 0.3) is 0 Å². The zero-order chi connectivity index (χ0) is 11.8. The minimum absolute atomic E-state index is 0.252. The van der Waals surface area contributed by atoms with Crippen LogP contribution in [0.4, 0.5) is 18.9 Å². The second-order valence-electron chi connectivity index (χ2n) is 2.94. The molecule has 0 unspecified atom stereocenters. The summed E-state index contributed by atoms with van der Waals surface area (Å²) in [6.45, 7) is 1.09. The second-order valence-corrected chi connectivity index (χ2v) is 4.10. The summed E-state index contributed by atoms with van der Waals surface area (Å²) in [5, 5.41) is 0. The number of ketones is 1. The Morgan fingerprint density at radius 1 is 1.40 bits per heavy atom. The van der Waals surface area contributed by atoms with Crippen LogP contribution in [-0.2, 0) is 6.18 Å². The number of rotatable bonds is 1. The van der Waals surface area contributed by atoms with Crippen molar-refractivity contribution in [3.63, 3.8) is 0 Å². The Balaban J connectivity index is 3.60. The Morgan fingerprint density at radius 3 is 2.27 bits per heavy atom. The van der Waals surface area contributed by atoms with Crippen molar-refractivity contribution in [1.82, 2.24) is 0 Å². The van der Waals surface area contributed by atoms with Crippen molar-refractivity contribution in [3.8, 4) is 0 Å². The van der Waals surface area contributed by atoms with E-state index >= 15 is 0 Å². The van der Waals surface area contributed by atoms with E-state index in [1.54, 1.807) is 22.6 Å². The minimum Gasteiger partial charge on any atom is -0.398 e. The molecule has 0 saturated heterocycles. The van der Waals surface area contributed by atoms with E-state index in [0.717, 1.165) is 13.0 Å². The standard InChI is InChI=1S/C9H7F3INO/c1-4(15)7-5(13)2-3-6(14)8(7)9(10,11)12/h2-3H,14H2,1H3. The average molecular weight is 329 g/mol. The van der Waals surface area contributed by atoms with Gasteiger partial charge in [0.15, 0.2) is 5.78 Å². The van der Waals surface area contributed by atoms with E-state index in [2.05, 4.69) is 0 Å². The number of benzene rings is 1. The van der Waals surface area contributed by atoms with Crippen molar-refractivity contribution in [2.75, 3.05) is 5.73 Å². The van der Waals surface area contributed by atoms with Crippen molar-refractivity contribution in [3.05, 3.63) is 26.8 Å².